The van der Waals surface area contributed by atoms with Gasteiger partial charge in [0.2, 0.25) is 0 Å². The topological polar surface area (TPSA) is 69.0 Å². The first-order chi connectivity index (χ1) is 11.2. The van der Waals surface area contributed by atoms with Crippen LogP contribution in [0, 0.1) is 5.92 Å². The van der Waals surface area contributed by atoms with E-state index in [1.54, 1.807) is 0 Å². The molecule has 1 N–H and O–H groups in total. The molecule has 1 unspecified atom stereocenters. The Morgan fingerprint density at radius 3 is 2.54 bits per heavy atom. The molecule has 1 aromatic heterocycles. The largest absolute Gasteiger partial charge is 0.573 e. The van der Waals surface area contributed by atoms with Crippen molar-refractivity contribution in [2.45, 2.75) is 32.8 Å². The van der Waals surface area contributed by atoms with Gasteiger partial charge >= 0.3 is 6.36 Å². The van der Waals surface area contributed by atoms with Crippen LogP contribution in [0.4, 0.5) is 13.2 Å². The van der Waals surface area contributed by atoms with Crippen molar-refractivity contribution >= 4 is 5.91 Å². The van der Waals surface area contributed by atoms with E-state index in [-0.39, 0.29) is 17.5 Å². The Labute approximate surface area is 136 Å². The summed E-state index contributed by atoms with van der Waals surface area (Å²) in [5, 5.41) is 10.7. The maximum Gasteiger partial charge on any atom is 0.573 e. The Balaban J connectivity index is 2.08. The molecule has 0 spiro atoms. The van der Waals surface area contributed by atoms with Crippen LogP contribution in [0.25, 0.3) is 0 Å². The number of nitrogens with zero attached hydrogens (tertiary/aromatic N) is 3. The van der Waals surface area contributed by atoms with E-state index in [1.165, 1.54) is 29.3 Å². The molecule has 24 heavy (non-hydrogen) atoms. The second-order valence-electron chi connectivity index (χ2n) is 5.48. The normalized spacial score (nSPS) is 12.9. The molecule has 0 radical (unpaired) electrons. The van der Waals surface area contributed by atoms with Crippen LogP contribution < -0.4 is 10.1 Å². The molecule has 0 saturated carbocycles. The molecule has 0 aliphatic heterocycles. The van der Waals surface area contributed by atoms with Crippen LogP contribution in [0.5, 0.6) is 5.75 Å². The zero-order chi connectivity index (χ0) is 17.7. The fourth-order valence-electron chi connectivity index (χ4n) is 2.02. The Hall–Kier alpha value is -2.58. The molecular weight excluding hydrogens is 325 g/mol. The van der Waals surface area contributed by atoms with E-state index >= 15 is 0 Å². The van der Waals surface area contributed by atoms with Gasteiger partial charge in [0.25, 0.3) is 5.91 Å². The number of benzene rings is 1. The summed E-state index contributed by atoms with van der Waals surface area (Å²) in [5.41, 5.74) is 0.0795. The van der Waals surface area contributed by atoms with Crippen molar-refractivity contribution in [2.24, 2.45) is 5.92 Å². The Morgan fingerprint density at radius 2 is 1.96 bits per heavy atom. The number of carbonyl (C=O) groups excluding carboxylic acids is 1. The highest BCUT2D eigenvalue weighted by molar-refractivity contribution is 5.94. The number of nitrogens with one attached hydrogen (secondary N) is 1. The monoisotopic (exact) mass is 342 g/mol. The fourth-order valence-corrected chi connectivity index (χ4v) is 2.02. The molecule has 2 aromatic rings. The molecule has 0 saturated heterocycles. The van der Waals surface area contributed by atoms with Crippen molar-refractivity contribution in [1.82, 2.24) is 20.3 Å². The number of hydrogen-bond donors (Lipinski definition) is 1. The second-order valence-corrected chi connectivity index (χ2v) is 5.48. The molecule has 9 heteroatoms. The van der Waals surface area contributed by atoms with Gasteiger partial charge < -0.3 is 10.1 Å². The molecule has 0 fully saturated rings. The Morgan fingerprint density at radius 1 is 1.29 bits per heavy atom. The van der Waals surface area contributed by atoms with Crippen LogP contribution in [0.15, 0.2) is 36.7 Å². The number of halogens is 3. The summed E-state index contributed by atoms with van der Waals surface area (Å²) in [4.78, 5) is 13.7. The van der Waals surface area contributed by atoms with Crippen LogP contribution >= 0.6 is 0 Å². The highest BCUT2D eigenvalue weighted by Gasteiger charge is 2.31. The molecule has 0 bridgehead atoms. The number of rotatable bonds is 6. The first-order valence-electron chi connectivity index (χ1n) is 7.25. The van der Waals surface area contributed by atoms with Crippen molar-refractivity contribution < 1.29 is 22.7 Å². The number of amides is 1. The standard InChI is InChI=1S/C15H17F3N4O2/c1-10(2)13(9-22-19-6-7-20-22)21-14(23)11-4-3-5-12(8-11)24-15(16,17)18/h3-8,10,13H,9H2,1-2H3,(H,21,23). The lowest BCUT2D eigenvalue weighted by Gasteiger charge is -2.22. The van der Waals surface area contributed by atoms with Crippen LogP contribution in [0.1, 0.15) is 24.2 Å². The summed E-state index contributed by atoms with van der Waals surface area (Å²) < 4.78 is 40.6. The quantitative estimate of drug-likeness (QED) is 0.876. The van der Waals surface area contributed by atoms with Gasteiger partial charge in [-0.1, -0.05) is 19.9 Å². The van der Waals surface area contributed by atoms with E-state index in [9.17, 15) is 18.0 Å². The van der Waals surface area contributed by atoms with Gasteiger partial charge in [0.1, 0.15) is 5.75 Å². The first-order valence-corrected chi connectivity index (χ1v) is 7.25. The van der Waals surface area contributed by atoms with Crippen molar-refractivity contribution in [1.29, 1.82) is 0 Å². The minimum Gasteiger partial charge on any atom is -0.406 e. The van der Waals surface area contributed by atoms with Gasteiger partial charge in [0.05, 0.1) is 25.0 Å². The maximum atomic E-state index is 12.3. The minimum atomic E-state index is -4.80. The zero-order valence-corrected chi connectivity index (χ0v) is 13.1. The van der Waals surface area contributed by atoms with Gasteiger partial charge in [-0.15, -0.1) is 13.2 Å². The summed E-state index contributed by atoms with van der Waals surface area (Å²) in [6.45, 7) is 4.18. The molecule has 0 aliphatic rings. The van der Waals surface area contributed by atoms with Crippen molar-refractivity contribution in [3.05, 3.63) is 42.2 Å². The Kier molecular flexibility index (Phi) is 5.42. The number of ether oxygens (including phenoxy) is 1. The third kappa shape index (κ3) is 5.25. The first kappa shape index (κ1) is 17.8. The third-order valence-electron chi connectivity index (χ3n) is 3.28. The molecule has 1 heterocycles. The lowest BCUT2D eigenvalue weighted by molar-refractivity contribution is -0.274. The molecule has 6 nitrogen and oxygen atoms in total. The van der Waals surface area contributed by atoms with E-state index in [1.807, 2.05) is 13.8 Å². The predicted molar refractivity (Wildman–Crippen MR) is 79.2 cm³/mol. The van der Waals surface area contributed by atoms with Gasteiger partial charge in [0.15, 0.2) is 0 Å². The van der Waals surface area contributed by atoms with Crippen LogP contribution in [-0.4, -0.2) is 33.3 Å². The molecular formula is C15H17F3N4O2. The summed E-state index contributed by atoms with van der Waals surface area (Å²) in [6, 6.07) is 4.65. The number of alkyl halides is 3. The van der Waals surface area contributed by atoms with Gasteiger partial charge in [-0.2, -0.15) is 15.0 Å². The van der Waals surface area contributed by atoms with Gasteiger partial charge in [-0.05, 0) is 24.1 Å². The number of hydrogen-bond acceptors (Lipinski definition) is 4. The highest BCUT2D eigenvalue weighted by Crippen LogP contribution is 2.23. The van der Waals surface area contributed by atoms with Crippen molar-refractivity contribution in [2.75, 3.05) is 0 Å². The SMILES string of the molecule is CC(C)C(Cn1nccn1)NC(=O)c1cccc(OC(F)(F)F)c1. The lowest BCUT2D eigenvalue weighted by Crippen LogP contribution is -2.42. The fraction of sp³-hybridized carbons (Fsp3) is 0.400. The molecule has 130 valence electrons. The van der Waals surface area contributed by atoms with Gasteiger partial charge in [-0.3, -0.25) is 4.79 Å². The van der Waals surface area contributed by atoms with Crippen LogP contribution in [-0.2, 0) is 6.54 Å². The lowest BCUT2D eigenvalue weighted by atomic mass is 10.0. The molecule has 1 atom stereocenters. The van der Waals surface area contributed by atoms with E-state index in [0.29, 0.717) is 6.54 Å². The third-order valence-corrected chi connectivity index (χ3v) is 3.28. The number of aromatic nitrogens is 3. The van der Waals surface area contributed by atoms with Crippen LogP contribution in [0.2, 0.25) is 0 Å². The smallest absolute Gasteiger partial charge is 0.406 e. The molecule has 1 aromatic carbocycles. The van der Waals surface area contributed by atoms with E-state index in [4.69, 9.17) is 0 Å². The molecule has 1 amide bonds. The average molecular weight is 342 g/mol. The minimum absolute atomic E-state index is 0.0783. The van der Waals surface area contributed by atoms with Gasteiger partial charge in [-0.25, -0.2) is 0 Å². The van der Waals surface area contributed by atoms with E-state index in [2.05, 4.69) is 20.3 Å². The molecule has 2 rings (SSSR count). The average Bonchev–Trinajstić information content (AvgIpc) is 2.98. The van der Waals surface area contributed by atoms with Crippen LogP contribution in [0.3, 0.4) is 0 Å². The van der Waals surface area contributed by atoms with E-state index < -0.39 is 18.0 Å². The summed E-state index contributed by atoms with van der Waals surface area (Å²) >= 11 is 0. The summed E-state index contributed by atoms with van der Waals surface area (Å²) in [5.74, 6) is -0.854. The summed E-state index contributed by atoms with van der Waals surface area (Å²) in [6.07, 6.45) is -1.75. The maximum absolute atomic E-state index is 12.3. The number of carbonyl (C=O) groups is 1. The van der Waals surface area contributed by atoms with Crippen molar-refractivity contribution in [3.8, 4) is 5.75 Å². The zero-order valence-electron chi connectivity index (χ0n) is 13.1. The summed E-state index contributed by atoms with van der Waals surface area (Å²) in [7, 11) is 0. The predicted octanol–water partition coefficient (Wildman–Crippen LogP) is 2.63. The highest BCUT2D eigenvalue weighted by atomic mass is 19.4. The second kappa shape index (κ2) is 7.33. The van der Waals surface area contributed by atoms with Crippen molar-refractivity contribution in [3.63, 3.8) is 0 Å². The van der Waals surface area contributed by atoms with E-state index in [0.717, 1.165) is 12.1 Å². The van der Waals surface area contributed by atoms with Gasteiger partial charge in [0, 0.05) is 5.56 Å². The Bertz CT molecular complexity index is 672. The molecule has 0 aliphatic carbocycles.